The molecule has 1 spiro atoms. The minimum absolute atomic E-state index is 0.133. The predicted octanol–water partition coefficient (Wildman–Crippen LogP) is 1.65. The van der Waals surface area contributed by atoms with Crippen molar-refractivity contribution >= 4 is 0 Å². The number of benzene rings is 1. The van der Waals surface area contributed by atoms with Crippen LogP contribution in [0.5, 0.6) is 11.5 Å². The highest BCUT2D eigenvalue weighted by atomic mass is 16.5. The summed E-state index contributed by atoms with van der Waals surface area (Å²) in [5, 5.41) is 10.6. The molecule has 0 amide bonds. The molecule has 2 aliphatic heterocycles. The van der Waals surface area contributed by atoms with Crippen LogP contribution in [0.2, 0.25) is 0 Å². The Balaban J connectivity index is 1.84. The summed E-state index contributed by atoms with van der Waals surface area (Å²) in [6, 6.07) is 4.65. The van der Waals surface area contributed by atoms with E-state index in [2.05, 4.69) is 24.1 Å². The molecule has 4 heteroatoms. The van der Waals surface area contributed by atoms with E-state index >= 15 is 0 Å². The lowest BCUT2D eigenvalue weighted by Gasteiger charge is -2.54. The van der Waals surface area contributed by atoms with Gasteiger partial charge in [-0.2, -0.15) is 0 Å². The first-order chi connectivity index (χ1) is 10.7. The number of hydrogen-bond donors (Lipinski definition) is 1. The molecule has 4 aliphatic rings. The van der Waals surface area contributed by atoms with Gasteiger partial charge in [-0.3, -0.25) is 4.90 Å². The van der Waals surface area contributed by atoms with E-state index in [-0.39, 0.29) is 11.5 Å². The highest BCUT2D eigenvalue weighted by Crippen LogP contribution is 2.62. The van der Waals surface area contributed by atoms with Gasteiger partial charge < -0.3 is 14.6 Å². The fraction of sp³-hybridized carbons (Fsp3) is 0.556. The maximum Gasteiger partial charge on any atom is 0.166 e. The third-order valence-electron chi connectivity index (χ3n) is 6.21. The van der Waals surface area contributed by atoms with Crippen molar-refractivity contribution in [2.24, 2.45) is 0 Å². The smallest absolute Gasteiger partial charge is 0.166 e. The fourth-order valence-electron chi connectivity index (χ4n) is 5.25. The quantitative estimate of drug-likeness (QED) is 0.801. The number of nitrogens with zero attached hydrogens (tertiary/aromatic N) is 1. The van der Waals surface area contributed by atoms with Crippen molar-refractivity contribution in [3.05, 3.63) is 34.9 Å². The van der Waals surface area contributed by atoms with E-state index < -0.39 is 6.10 Å². The zero-order valence-corrected chi connectivity index (χ0v) is 13.0. The predicted molar refractivity (Wildman–Crippen MR) is 82.5 cm³/mol. The molecule has 2 aliphatic carbocycles. The Morgan fingerprint density at radius 1 is 1.41 bits per heavy atom. The van der Waals surface area contributed by atoms with Crippen LogP contribution in [0, 0.1) is 0 Å². The standard InChI is InChI=1S/C18H21NO3/c1-19-8-7-18-11-4-5-13(20)17(18)22-16-14(21-2)6-3-10(15(16)18)9-12(11)19/h3-4,6,12-13,17,20H,5,7-9H2,1-2H3/t12-,13+,17+,18-/m1/s1. The molecule has 1 aromatic rings. The van der Waals surface area contributed by atoms with Crippen molar-refractivity contribution in [1.29, 1.82) is 0 Å². The number of piperidine rings is 1. The summed E-state index contributed by atoms with van der Waals surface area (Å²) in [4.78, 5) is 2.46. The van der Waals surface area contributed by atoms with Gasteiger partial charge in [-0.1, -0.05) is 12.1 Å². The Bertz CT molecular complexity index is 698. The van der Waals surface area contributed by atoms with Crippen LogP contribution in [-0.4, -0.2) is 49.0 Å². The van der Waals surface area contributed by atoms with Gasteiger partial charge in [-0.15, -0.1) is 0 Å². The molecule has 0 unspecified atom stereocenters. The van der Waals surface area contributed by atoms with Crippen LogP contribution < -0.4 is 9.47 Å². The molecule has 1 saturated heterocycles. The molecule has 0 aromatic heterocycles. The monoisotopic (exact) mass is 299 g/mol. The third kappa shape index (κ3) is 1.28. The minimum Gasteiger partial charge on any atom is -0.493 e. The number of methoxy groups -OCH3 is 1. The number of hydrogen-bond acceptors (Lipinski definition) is 4. The molecule has 1 aromatic carbocycles. The minimum atomic E-state index is -0.434. The second-order valence-corrected chi connectivity index (χ2v) is 7.05. The topological polar surface area (TPSA) is 41.9 Å². The van der Waals surface area contributed by atoms with Crippen molar-refractivity contribution in [3.8, 4) is 11.5 Å². The molecule has 1 N–H and O–H groups in total. The van der Waals surface area contributed by atoms with Crippen LogP contribution in [-0.2, 0) is 11.8 Å². The van der Waals surface area contributed by atoms with E-state index in [1.165, 1.54) is 16.7 Å². The molecule has 1 fully saturated rings. The Morgan fingerprint density at radius 2 is 2.27 bits per heavy atom. The molecular formula is C18H21NO3. The number of likely N-dealkylation sites (tertiary alicyclic amines) is 1. The summed E-state index contributed by atoms with van der Waals surface area (Å²) in [7, 11) is 3.90. The van der Waals surface area contributed by atoms with Gasteiger partial charge in [0.25, 0.3) is 0 Å². The first kappa shape index (κ1) is 13.0. The van der Waals surface area contributed by atoms with Gasteiger partial charge in [0.05, 0.1) is 18.6 Å². The molecule has 116 valence electrons. The molecule has 4 nitrogen and oxygen atoms in total. The second-order valence-electron chi connectivity index (χ2n) is 7.05. The number of rotatable bonds is 1. The lowest BCUT2D eigenvalue weighted by molar-refractivity contribution is -0.0124. The summed E-state index contributed by atoms with van der Waals surface area (Å²) < 4.78 is 11.8. The van der Waals surface area contributed by atoms with Crippen molar-refractivity contribution in [1.82, 2.24) is 4.90 Å². The van der Waals surface area contributed by atoms with E-state index in [9.17, 15) is 5.11 Å². The van der Waals surface area contributed by atoms with Crippen molar-refractivity contribution < 1.29 is 14.6 Å². The first-order valence-corrected chi connectivity index (χ1v) is 8.12. The molecule has 0 radical (unpaired) electrons. The normalized spacial score (nSPS) is 38.1. The molecule has 2 bridgehead atoms. The van der Waals surface area contributed by atoms with Crippen LogP contribution >= 0.6 is 0 Å². The summed E-state index contributed by atoms with van der Waals surface area (Å²) >= 11 is 0. The highest BCUT2D eigenvalue weighted by Gasteiger charge is 2.62. The van der Waals surface area contributed by atoms with Crippen LogP contribution in [0.15, 0.2) is 23.8 Å². The molecule has 0 saturated carbocycles. The Kier molecular flexibility index (Phi) is 2.39. The zero-order valence-electron chi connectivity index (χ0n) is 13.0. The number of aliphatic hydroxyl groups excluding tert-OH is 1. The number of aliphatic hydroxyl groups is 1. The Labute approximate surface area is 130 Å². The summed E-state index contributed by atoms with van der Waals surface area (Å²) in [5.74, 6) is 1.67. The SMILES string of the molecule is COc1ccc2c3c1O[C@H]1[C@@H](O)CC=C4[C@@H](C2)N(C)CC[C@@]431. The number of ether oxygens (including phenoxy) is 2. The average molecular weight is 299 g/mol. The first-order valence-electron chi connectivity index (χ1n) is 8.12. The van der Waals surface area contributed by atoms with Crippen LogP contribution in [0.4, 0.5) is 0 Å². The average Bonchev–Trinajstić information content (AvgIpc) is 2.88. The van der Waals surface area contributed by atoms with Gasteiger partial charge in [0.1, 0.15) is 6.10 Å². The summed E-state index contributed by atoms with van der Waals surface area (Å²) in [6.45, 7) is 1.05. The van der Waals surface area contributed by atoms with Crippen molar-refractivity contribution in [3.63, 3.8) is 0 Å². The van der Waals surface area contributed by atoms with Gasteiger partial charge in [0, 0.05) is 11.6 Å². The van der Waals surface area contributed by atoms with E-state index in [0.29, 0.717) is 12.5 Å². The lowest BCUT2D eigenvalue weighted by Crippen LogP contribution is -2.61. The molecular weight excluding hydrogens is 278 g/mol. The maximum atomic E-state index is 10.6. The van der Waals surface area contributed by atoms with Gasteiger partial charge in [-0.05, 0) is 50.1 Å². The maximum absolute atomic E-state index is 10.6. The van der Waals surface area contributed by atoms with Crippen molar-refractivity contribution in [2.75, 3.05) is 20.7 Å². The third-order valence-corrected chi connectivity index (χ3v) is 6.21. The highest BCUT2D eigenvalue weighted by molar-refractivity contribution is 5.65. The van der Waals surface area contributed by atoms with Crippen LogP contribution in [0.1, 0.15) is 24.0 Å². The zero-order chi connectivity index (χ0) is 15.1. The molecule has 4 atom stereocenters. The largest absolute Gasteiger partial charge is 0.493 e. The Morgan fingerprint density at radius 3 is 3.09 bits per heavy atom. The lowest BCUT2D eigenvalue weighted by atomic mass is 9.56. The van der Waals surface area contributed by atoms with Gasteiger partial charge in [-0.25, -0.2) is 0 Å². The van der Waals surface area contributed by atoms with Crippen LogP contribution in [0.3, 0.4) is 0 Å². The molecule has 22 heavy (non-hydrogen) atoms. The molecule has 2 heterocycles. The van der Waals surface area contributed by atoms with Crippen molar-refractivity contribution in [2.45, 2.75) is 42.9 Å². The Hall–Kier alpha value is -1.52. The van der Waals surface area contributed by atoms with Gasteiger partial charge in [0.15, 0.2) is 11.5 Å². The summed E-state index contributed by atoms with van der Waals surface area (Å²) in [5.41, 5.74) is 4.00. The van der Waals surface area contributed by atoms with E-state index in [4.69, 9.17) is 9.47 Å². The van der Waals surface area contributed by atoms with Gasteiger partial charge >= 0.3 is 0 Å². The second kappa shape index (κ2) is 4.06. The summed E-state index contributed by atoms with van der Waals surface area (Å²) in [6.07, 6.45) is 4.42. The fourth-order valence-corrected chi connectivity index (χ4v) is 5.25. The number of likely N-dealkylation sites (N-methyl/N-ethyl adjacent to an activating group) is 1. The van der Waals surface area contributed by atoms with E-state index in [1.807, 2.05) is 6.07 Å². The molecule has 5 rings (SSSR count). The van der Waals surface area contributed by atoms with E-state index in [0.717, 1.165) is 30.9 Å². The van der Waals surface area contributed by atoms with E-state index in [1.54, 1.807) is 7.11 Å². The van der Waals surface area contributed by atoms with Crippen LogP contribution in [0.25, 0.3) is 0 Å². The van der Waals surface area contributed by atoms with Gasteiger partial charge in [0.2, 0.25) is 0 Å².